The number of rotatable bonds is 3. The Labute approximate surface area is 66.0 Å². The normalized spacial score (nSPS) is 11.8. The van der Waals surface area contributed by atoms with Crippen molar-refractivity contribution in [2.45, 2.75) is 19.4 Å². The molecule has 0 aromatic rings. The van der Waals surface area contributed by atoms with Crippen molar-refractivity contribution in [1.29, 1.82) is 0 Å². The van der Waals surface area contributed by atoms with E-state index in [1.165, 1.54) is 0 Å². The summed E-state index contributed by atoms with van der Waals surface area (Å²) in [6, 6.07) is 0. The van der Waals surface area contributed by atoms with Gasteiger partial charge >= 0.3 is 65.9 Å². The van der Waals surface area contributed by atoms with E-state index in [9.17, 15) is 0 Å². The second kappa shape index (κ2) is 3.76. The molecule has 0 aliphatic rings. The van der Waals surface area contributed by atoms with Gasteiger partial charge in [-0.3, -0.25) is 0 Å². The molecule has 0 radical (unpaired) electrons. The summed E-state index contributed by atoms with van der Waals surface area (Å²) in [5, 5.41) is 0. The molecule has 0 amide bonds. The van der Waals surface area contributed by atoms with Crippen LogP contribution in [0, 0.1) is 0 Å². The Hall–Kier alpha value is 0.803. The van der Waals surface area contributed by atoms with Gasteiger partial charge in [-0.2, -0.15) is 0 Å². The maximum absolute atomic E-state index is 5.14. The van der Waals surface area contributed by atoms with Gasteiger partial charge in [0, 0.05) is 0 Å². The molecule has 0 spiro atoms. The zero-order valence-electron chi connectivity index (χ0n) is 5.52. The first-order valence-corrected chi connectivity index (χ1v) is 3.46. The molecule has 0 aromatic carbocycles. The average Bonchev–Trinajstić information content (AvgIpc) is 1.67. The predicted molar refractivity (Wildman–Crippen MR) is 27.0 cm³/mol. The standard InChI is InChI=1S/C5H11O2.Zr/c1-5(2,6)4-7-3;/h4H2,1-3H3;/q-1;+1. The third-order valence-corrected chi connectivity index (χ3v) is 2.13. The van der Waals surface area contributed by atoms with Crippen molar-refractivity contribution in [1.82, 2.24) is 0 Å². The third kappa shape index (κ3) is 3.76. The SMILES string of the molecule is COCC(C)(C)[O][Zr]. The Balaban J connectivity index is 3.37. The van der Waals surface area contributed by atoms with Gasteiger partial charge in [0.1, 0.15) is 0 Å². The van der Waals surface area contributed by atoms with Crippen molar-refractivity contribution in [2.24, 2.45) is 0 Å². The number of ether oxygens (including phenoxy) is 1. The van der Waals surface area contributed by atoms with E-state index in [1.807, 2.05) is 13.8 Å². The Morgan fingerprint density at radius 2 is 2.00 bits per heavy atom. The second-order valence-corrected chi connectivity index (χ2v) is 2.80. The van der Waals surface area contributed by atoms with E-state index in [1.54, 1.807) is 7.11 Å². The molecule has 0 unspecified atom stereocenters. The molecule has 0 aliphatic heterocycles. The maximum atomic E-state index is 5.14. The summed E-state index contributed by atoms with van der Waals surface area (Å²) in [5.41, 5.74) is -0.0902. The van der Waals surface area contributed by atoms with Crippen LogP contribution in [0.4, 0.5) is 0 Å². The summed E-state index contributed by atoms with van der Waals surface area (Å²) in [6.45, 7) is 4.68. The van der Waals surface area contributed by atoms with E-state index in [0.29, 0.717) is 6.61 Å². The van der Waals surface area contributed by atoms with Crippen LogP contribution in [0.1, 0.15) is 13.8 Å². The van der Waals surface area contributed by atoms with Gasteiger partial charge in [0.25, 0.3) is 0 Å². The second-order valence-electron chi connectivity index (χ2n) is 2.29. The Morgan fingerprint density at radius 1 is 1.50 bits per heavy atom. The van der Waals surface area contributed by atoms with Crippen LogP contribution in [0.5, 0.6) is 0 Å². The molecule has 8 heavy (non-hydrogen) atoms. The first kappa shape index (κ1) is 8.80. The van der Waals surface area contributed by atoms with Crippen molar-refractivity contribution in [3.05, 3.63) is 0 Å². The van der Waals surface area contributed by atoms with Gasteiger partial charge in [-0.05, 0) is 0 Å². The van der Waals surface area contributed by atoms with Crippen LogP contribution in [0.25, 0.3) is 0 Å². The van der Waals surface area contributed by atoms with Crippen molar-refractivity contribution in [3.63, 3.8) is 0 Å². The quantitative estimate of drug-likeness (QED) is 0.664. The van der Waals surface area contributed by atoms with Crippen LogP contribution in [0.15, 0.2) is 0 Å². The fourth-order valence-electron chi connectivity index (χ4n) is 0.377. The van der Waals surface area contributed by atoms with Crippen LogP contribution in [0.3, 0.4) is 0 Å². The van der Waals surface area contributed by atoms with E-state index in [4.69, 9.17) is 7.55 Å². The van der Waals surface area contributed by atoms with E-state index < -0.39 is 0 Å². The Kier molecular flexibility index (Phi) is 4.14. The molecule has 0 aliphatic carbocycles. The molecule has 0 saturated heterocycles. The molecule has 0 atom stereocenters. The molecular formula is C5H11O2Zr. The monoisotopic (exact) mass is 193 g/mol. The van der Waals surface area contributed by atoms with Crippen molar-refractivity contribution < 1.29 is 32.7 Å². The molecule has 0 fully saturated rings. The summed E-state index contributed by atoms with van der Waals surface area (Å²) in [6.07, 6.45) is 0. The predicted octanol–water partition coefficient (Wildman–Crippen LogP) is 0.890. The number of methoxy groups -OCH3 is 1. The van der Waals surface area contributed by atoms with Gasteiger partial charge < -0.3 is 0 Å². The van der Waals surface area contributed by atoms with Gasteiger partial charge in [0.15, 0.2) is 0 Å². The van der Waals surface area contributed by atoms with E-state index in [0.717, 1.165) is 25.2 Å². The van der Waals surface area contributed by atoms with E-state index in [2.05, 4.69) is 0 Å². The van der Waals surface area contributed by atoms with Gasteiger partial charge in [-0.15, -0.1) is 0 Å². The molecule has 47 valence electrons. The fraction of sp³-hybridized carbons (Fsp3) is 1.00. The molecule has 0 N–H and O–H groups in total. The third-order valence-electron chi connectivity index (χ3n) is 0.768. The van der Waals surface area contributed by atoms with Crippen molar-refractivity contribution >= 4 is 0 Å². The van der Waals surface area contributed by atoms with Gasteiger partial charge in [-0.1, -0.05) is 0 Å². The number of hydrogen-bond donors (Lipinski definition) is 0. The van der Waals surface area contributed by atoms with Gasteiger partial charge in [0.2, 0.25) is 0 Å². The van der Waals surface area contributed by atoms with Gasteiger partial charge in [-0.25, -0.2) is 0 Å². The topological polar surface area (TPSA) is 18.5 Å². The number of hydrogen-bond acceptors (Lipinski definition) is 2. The molecule has 0 bridgehead atoms. The molecule has 3 heteroatoms. The summed E-state index contributed by atoms with van der Waals surface area (Å²) in [5.74, 6) is 0. The minimum absolute atomic E-state index is 0.0902. The molecule has 0 rings (SSSR count). The van der Waals surface area contributed by atoms with Crippen LogP contribution in [-0.4, -0.2) is 19.3 Å². The van der Waals surface area contributed by atoms with Crippen LogP contribution in [0.2, 0.25) is 0 Å². The Morgan fingerprint density at radius 3 is 2.12 bits per heavy atom. The molecule has 0 aromatic heterocycles. The zero-order valence-corrected chi connectivity index (χ0v) is 7.98. The van der Waals surface area contributed by atoms with E-state index in [-0.39, 0.29) is 5.60 Å². The van der Waals surface area contributed by atoms with Gasteiger partial charge in [0.05, 0.1) is 0 Å². The average molecular weight is 194 g/mol. The van der Waals surface area contributed by atoms with Crippen LogP contribution < -0.4 is 0 Å². The Bertz CT molecular complexity index is 63.4. The zero-order chi connectivity index (χ0) is 6.62. The summed E-state index contributed by atoms with van der Waals surface area (Å²) in [4.78, 5) is 0. The molecule has 2 nitrogen and oxygen atoms in total. The summed E-state index contributed by atoms with van der Waals surface area (Å²) in [7, 11) is 1.68. The summed E-state index contributed by atoms with van der Waals surface area (Å²) >= 11 is 1.10. The fourth-order valence-corrected chi connectivity index (χ4v) is 0.522. The molecular weight excluding hydrogens is 183 g/mol. The van der Waals surface area contributed by atoms with Crippen LogP contribution >= 0.6 is 0 Å². The molecule has 0 saturated carbocycles. The first-order chi connectivity index (χ1) is 3.62. The van der Waals surface area contributed by atoms with E-state index >= 15 is 0 Å². The minimum atomic E-state index is -0.0902. The van der Waals surface area contributed by atoms with Crippen molar-refractivity contribution in [2.75, 3.05) is 13.7 Å². The van der Waals surface area contributed by atoms with Crippen molar-refractivity contribution in [3.8, 4) is 0 Å². The molecule has 0 heterocycles. The van der Waals surface area contributed by atoms with Crippen LogP contribution in [-0.2, 0) is 32.7 Å². The first-order valence-electron chi connectivity index (χ1n) is 2.46. The summed E-state index contributed by atoms with van der Waals surface area (Å²) < 4.78 is 10.0.